The summed E-state index contributed by atoms with van der Waals surface area (Å²) < 4.78 is 17.6. The van der Waals surface area contributed by atoms with Crippen molar-refractivity contribution in [1.29, 1.82) is 0 Å². The quantitative estimate of drug-likeness (QED) is 0.521. The minimum Gasteiger partial charge on any atom is -0.466 e. The monoisotopic (exact) mass is 396 g/mol. The van der Waals surface area contributed by atoms with Crippen LogP contribution in [0.2, 0.25) is 0 Å². The topological polar surface area (TPSA) is 44.8 Å². The van der Waals surface area contributed by atoms with E-state index in [1.807, 2.05) is 43.3 Å². The van der Waals surface area contributed by atoms with Crippen molar-refractivity contribution >= 4 is 5.97 Å². The lowest BCUT2D eigenvalue weighted by atomic mass is 9.76. The van der Waals surface area contributed by atoms with Crippen molar-refractivity contribution < 1.29 is 19.0 Å². The molecular formula is C25H32O4. The van der Waals surface area contributed by atoms with Crippen LogP contribution in [0, 0.1) is 11.3 Å². The van der Waals surface area contributed by atoms with Gasteiger partial charge in [0.25, 0.3) is 0 Å². The number of ether oxygens (including phenoxy) is 3. The third kappa shape index (κ3) is 6.15. The van der Waals surface area contributed by atoms with Crippen molar-refractivity contribution in [2.24, 2.45) is 11.3 Å². The van der Waals surface area contributed by atoms with Crippen LogP contribution < -0.4 is 0 Å². The maximum Gasteiger partial charge on any atom is 0.306 e. The van der Waals surface area contributed by atoms with Gasteiger partial charge in [0.1, 0.15) is 0 Å². The molecule has 3 atom stereocenters. The van der Waals surface area contributed by atoms with E-state index in [0.717, 1.165) is 24.0 Å². The molecule has 0 radical (unpaired) electrons. The molecule has 0 unspecified atom stereocenters. The van der Waals surface area contributed by atoms with Gasteiger partial charge in [0.05, 0.1) is 39.0 Å². The summed E-state index contributed by atoms with van der Waals surface area (Å²) in [4.78, 5) is 12.2. The molecule has 0 heterocycles. The van der Waals surface area contributed by atoms with Crippen LogP contribution >= 0.6 is 0 Å². The molecule has 29 heavy (non-hydrogen) atoms. The summed E-state index contributed by atoms with van der Waals surface area (Å²) in [7, 11) is 0. The predicted molar refractivity (Wildman–Crippen MR) is 113 cm³/mol. The van der Waals surface area contributed by atoms with E-state index in [2.05, 4.69) is 31.2 Å². The Hall–Kier alpha value is -2.17. The van der Waals surface area contributed by atoms with Crippen molar-refractivity contribution in [3.05, 3.63) is 71.8 Å². The standard InChI is InChI=1S/C25H32O4/c1-3-28-24(26)16-25(2)15-14-23(29-18-21-12-8-5-9-13-21)22(25)19-27-17-20-10-6-4-7-11-20/h4-13,22-23H,3,14-19H2,1-2H3/t22-,23-,25-/m0/s1. The molecule has 2 aromatic carbocycles. The summed E-state index contributed by atoms with van der Waals surface area (Å²) in [5, 5.41) is 0. The van der Waals surface area contributed by atoms with Crippen molar-refractivity contribution in [1.82, 2.24) is 0 Å². The van der Waals surface area contributed by atoms with Crippen molar-refractivity contribution in [2.75, 3.05) is 13.2 Å². The molecule has 0 saturated heterocycles. The Kier molecular flexibility index (Phi) is 7.84. The Morgan fingerprint density at radius 1 is 1.00 bits per heavy atom. The van der Waals surface area contributed by atoms with Crippen LogP contribution in [-0.2, 0) is 32.2 Å². The third-order valence-electron chi connectivity index (χ3n) is 5.91. The van der Waals surface area contributed by atoms with E-state index in [-0.39, 0.29) is 23.4 Å². The van der Waals surface area contributed by atoms with Crippen molar-refractivity contribution in [2.45, 2.75) is 52.4 Å². The number of benzene rings is 2. The van der Waals surface area contributed by atoms with E-state index in [0.29, 0.717) is 32.8 Å². The largest absolute Gasteiger partial charge is 0.466 e. The van der Waals surface area contributed by atoms with Gasteiger partial charge in [-0.2, -0.15) is 0 Å². The van der Waals surface area contributed by atoms with Gasteiger partial charge in [-0.1, -0.05) is 67.6 Å². The van der Waals surface area contributed by atoms with Gasteiger partial charge < -0.3 is 14.2 Å². The van der Waals surface area contributed by atoms with Crippen molar-refractivity contribution in [3.63, 3.8) is 0 Å². The first-order valence-corrected chi connectivity index (χ1v) is 10.5. The Balaban J connectivity index is 1.64. The molecule has 156 valence electrons. The Labute approximate surface area is 174 Å². The fourth-order valence-electron chi connectivity index (χ4n) is 4.23. The second kappa shape index (κ2) is 10.6. The Bertz CT molecular complexity index is 746. The molecule has 1 saturated carbocycles. The summed E-state index contributed by atoms with van der Waals surface area (Å²) in [6.45, 7) is 6.16. The minimum atomic E-state index is -0.176. The Morgan fingerprint density at radius 3 is 2.24 bits per heavy atom. The molecule has 1 aliphatic rings. The van der Waals surface area contributed by atoms with Gasteiger partial charge in [-0.05, 0) is 36.3 Å². The van der Waals surface area contributed by atoms with E-state index >= 15 is 0 Å². The van der Waals surface area contributed by atoms with Gasteiger partial charge in [-0.3, -0.25) is 4.79 Å². The zero-order chi connectivity index (χ0) is 20.5. The summed E-state index contributed by atoms with van der Waals surface area (Å²) in [6, 6.07) is 20.4. The van der Waals surface area contributed by atoms with E-state index < -0.39 is 0 Å². The maximum atomic E-state index is 12.2. The number of carbonyl (C=O) groups is 1. The summed E-state index contributed by atoms with van der Waals surface area (Å²) >= 11 is 0. The SMILES string of the molecule is CCOC(=O)C[C@]1(C)CC[C@H](OCc2ccccc2)[C@@H]1COCc1ccccc1. The van der Waals surface area contributed by atoms with Crippen LogP contribution in [0.1, 0.15) is 44.2 Å². The highest BCUT2D eigenvalue weighted by molar-refractivity contribution is 5.70. The van der Waals surface area contributed by atoms with E-state index in [1.54, 1.807) is 0 Å². The molecule has 4 nitrogen and oxygen atoms in total. The highest BCUT2D eigenvalue weighted by Crippen LogP contribution is 2.47. The van der Waals surface area contributed by atoms with Crippen LogP contribution in [0.15, 0.2) is 60.7 Å². The van der Waals surface area contributed by atoms with Gasteiger partial charge in [0.2, 0.25) is 0 Å². The number of carbonyl (C=O) groups excluding carboxylic acids is 1. The second-order valence-electron chi connectivity index (χ2n) is 8.12. The number of hydrogen-bond donors (Lipinski definition) is 0. The highest BCUT2D eigenvalue weighted by atomic mass is 16.5. The second-order valence-corrected chi connectivity index (χ2v) is 8.12. The van der Waals surface area contributed by atoms with E-state index in [9.17, 15) is 4.79 Å². The molecule has 1 aliphatic carbocycles. The average molecular weight is 397 g/mol. The highest BCUT2D eigenvalue weighted by Gasteiger charge is 2.47. The summed E-state index contributed by atoms with van der Waals surface area (Å²) in [5.74, 6) is 0.0195. The molecule has 0 N–H and O–H groups in total. The molecule has 4 heteroatoms. The number of esters is 1. The lowest BCUT2D eigenvalue weighted by molar-refractivity contribution is -0.147. The Morgan fingerprint density at radius 2 is 1.62 bits per heavy atom. The molecule has 2 aromatic rings. The smallest absolute Gasteiger partial charge is 0.306 e. The van der Waals surface area contributed by atoms with E-state index in [4.69, 9.17) is 14.2 Å². The first-order chi connectivity index (χ1) is 14.1. The van der Waals surface area contributed by atoms with Gasteiger partial charge in [0.15, 0.2) is 0 Å². The fraction of sp³-hybridized carbons (Fsp3) is 0.480. The molecule has 1 fully saturated rings. The summed E-state index contributed by atoms with van der Waals surface area (Å²) in [6.07, 6.45) is 2.35. The first kappa shape index (κ1) is 21.5. The lowest BCUT2D eigenvalue weighted by Gasteiger charge is -2.33. The zero-order valence-electron chi connectivity index (χ0n) is 17.5. The van der Waals surface area contributed by atoms with Crippen LogP contribution in [0.4, 0.5) is 0 Å². The van der Waals surface area contributed by atoms with Gasteiger partial charge in [-0.25, -0.2) is 0 Å². The van der Waals surface area contributed by atoms with E-state index in [1.165, 1.54) is 0 Å². The molecular weight excluding hydrogens is 364 g/mol. The average Bonchev–Trinajstić information content (AvgIpc) is 3.03. The molecule has 0 aromatic heterocycles. The van der Waals surface area contributed by atoms with Crippen LogP contribution in [0.5, 0.6) is 0 Å². The van der Waals surface area contributed by atoms with Crippen molar-refractivity contribution in [3.8, 4) is 0 Å². The zero-order valence-corrected chi connectivity index (χ0v) is 17.5. The number of hydrogen-bond acceptors (Lipinski definition) is 4. The maximum absolute atomic E-state index is 12.2. The van der Waals surface area contributed by atoms with Crippen LogP contribution in [0.3, 0.4) is 0 Å². The molecule has 0 aliphatic heterocycles. The molecule has 0 bridgehead atoms. The molecule has 0 amide bonds. The summed E-state index contributed by atoms with van der Waals surface area (Å²) in [5.41, 5.74) is 2.14. The van der Waals surface area contributed by atoms with Gasteiger partial charge in [-0.15, -0.1) is 0 Å². The van der Waals surface area contributed by atoms with Crippen LogP contribution in [-0.4, -0.2) is 25.3 Å². The lowest BCUT2D eigenvalue weighted by Crippen LogP contribution is -2.35. The van der Waals surface area contributed by atoms with Crippen LogP contribution in [0.25, 0.3) is 0 Å². The van der Waals surface area contributed by atoms with Gasteiger partial charge in [0, 0.05) is 5.92 Å². The normalized spacial score (nSPS) is 23.8. The predicted octanol–water partition coefficient (Wildman–Crippen LogP) is 5.16. The van der Waals surface area contributed by atoms with Gasteiger partial charge >= 0.3 is 5.97 Å². The fourth-order valence-corrected chi connectivity index (χ4v) is 4.23. The molecule has 3 rings (SSSR count). The molecule has 0 spiro atoms. The minimum absolute atomic E-state index is 0.0745. The first-order valence-electron chi connectivity index (χ1n) is 10.5. The third-order valence-corrected chi connectivity index (χ3v) is 5.91. The number of rotatable bonds is 10.